The van der Waals surface area contributed by atoms with Gasteiger partial charge >= 0.3 is 6.18 Å². The van der Waals surface area contributed by atoms with Gasteiger partial charge in [0.25, 0.3) is 0 Å². The minimum atomic E-state index is -4.20. The van der Waals surface area contributed by atoms with Gasteiger partial charge in [-0.1, -0.05) is 0 Å². The molecule has 0 aliphatic carbocycles. The van der Waals surface area contributed by atoms with E-state index >= 15 is 0 Å². The molecule has 0 bridgehead atoms. The average molecular weight is 274 g/mol. The highest BCUT2D eigenvalue weighted by molar-refractivity contribution is 5.66. The smallest absolute Gasteiger partial charge is 0.356 e. The number of halogens is 3. The molecule has 0 radical (unpaired) electrons. The second-order valence-corrected chi connectivity index (χ2v) is 4.04. The van der Waals surface area contributed by atoms with Crippen molar-refractivity contribution >= 4 is 17.3 Å². The third-order valence-electron chi connectivity index (χ3n) is 2.60. The topological polar surface area (TPSA) is 71.5 Å². The highest BCUT2D eigenvalue weighted by atomic mass is 19.4. The molecule has 3 N–H and O–H groups in total. The van der Waals surface area contributed by atoms with Crippen LogP contribution in [0.3, 0.4) is 0 Å². The first-order valence-electron chi connectivity index (χ1n) is 5.49. The van der Waals surface area contributed by atoms with Crippen LogP contribution >= 0.6 is 0 Å². The molecule has 2 aromatic heterocycles. The molecular weight excluding hydrogens is 261 g/mol. The lowest BCUT2D eigenvalue weighted by atomic mass is 10.4. The van der Waals surface area contributed by atoms with Crippen LogP contribution in [0.4, 0.5) is 24.8 Å². The van der Waals surface area contributed by atoms with Crippen molar-refractivity contribution in [3.05, 3.63) is 18.6 Å². The van der Waals surface area contributed by atoms with E-state index in [9.17, 15) is 13.2 Å². The monoisotopic (exact) mass is 274 g/mol. The van der Waals surface area contributed by atoms with Crippen molar-refractivity contribution in [2.75, 3.05) is 23.9 Å². The first-order chi connectivity index (χ1) is 8.90. The fraction of sp³-hybridized carbons (Fsp3) is 0.400. The zero-order valence-corrected chi connectivity index (χ0v) is 10.1. The molecule has 2 aromatic rings. The number of nitrogens with two attached hydrogens (primary N) is 1. The van der Waals surface area contributed by atoms with Crippen LogP contribution in [0.15, 0.2) is 18.6 Å². The van der Waals surface area contributed by atoms with E-state index in [4.69, 9.17) is 5.84 Å². The van der Waals surface area contributed by atoms with Crippen LogP contribution in [0.2, 0.25) is 0 Å². The first kappa shape index (κ1) is 13.4. The second-order valence-electron chi connectivity index (χ2n) is 4.04. The van der Waals surface area contributed by atoms with Crippen molar-refractivity contribution in [3.63, 3.8) is 0 Å². The fourth-order valence-electron chi connectivity index (χ4n) is 1.64. The highest BCUT2D eigenvalue weighted by Gasteiger charge is 2.27. The molecule has 0 unspecified atom stereocenters. The maximum atomic E-state index is 12.2. The Hall–Kier alpha value is -2.03. The number of nitrogens with zero attached hydrogens (tertiary/aromatic N) is 4. The molecule has 0 aliphatic heterocycles. The predicted molar refractivity (Wildman–Crippen MR) is 64.7 cm³/mol. The van der Waals surface area contributed by atoms with Crippen LogP contribution in [0.25, 0.3) is 5.65 Å². The van der Waals surface area contributed by atoms with E-state index in [-0.39, 0.29) is 6.54 Å². The predicted octanol–water partition coefficient (Wildman–Crippen LogP) is 1.40. The van der Waals surface area contributed by atoms with Gasteiger partial charge in [-0.25, -0.2) is 15.8 Å². The standard InChI is InChI=1S/C10H13F3N6/c1-18(4-2-10(11,12)13)9-8-15-3-5-19(8)6-7(16-9)17-14/h3,5-6,17H,2,4,14H2,1H3. The second kappa shape index (κ2) is 4.92. The maximum Gasteiger partial charge on any atom is 0.390 e. The number of anilines is 2. The number of hydrogen-bond acceptors (Lipinski definition) is 5. The summed E-state index contributed by atoms with van der Waals surface area (Å²) in [5, 5.41) is 0. The number of hydrazine groups is 1. The molecule has 2 rings (SSSR count). The van der Waals surface area contributed by atoms with Crippen molar-refractivity contribution in [2.45, 2.75) is 12.6 Å². The number of nitrogen functional groups attached to an aromatic ring is 1. The summed E-state index contributed by atoms with van der Waals surface area (Å²) in [5.41, 5.74) is 2.84. The molecule has 104 valence electrons. The Kier molecular flexibility index (Phi) is 3.47. The van der Waals surface area contributed by atoms with Gasteiger partial charge in [0.2, 0.25) is 0 Å². The number of alkyl halides is 3. The molecule has 0 saturated heterocycles. The molecule has 0 atom stereocenters. The SMILES string of the molecule is CN(CCC(F)(F)F)c1nc(NN)cn2ccnc12. The zero-order chi connectivity index (χ0) is 14.0. The Labute approximate surface area is 107 Å². The largest absolute Gasteiger partial charge is 0.390 e. The average Bonchev–Trinajstić information content (AvgIpc) is 2.81. The summed E-state index contributed by atoms with van der Waals surface area (Å²) in [6, 6.07) is 0. The number of rotatable bonds is 4. The van der Waals surface area contributed by atoms with E-state index in [0.29, 0.717) is 17.3 Å². The van der Waals surface area contributed by atoms with E-state index in [1.165, 1.54) is 11.9 Å². The Morgan fingerprint density at radius 3 is 2.84 bits per heavy atom. The summed E-state index contributed by atoms with van der Waals surface area (Å²) in [7, 11) is 1.53. The summed E-state index contributed by atoms with van der Waals surface area (Å²) in [5.74, 6) is 5.96. The van der Waals surface area contributed by atoms with Gasteiger partial charge in [0.05, 0.1) is 12.6 Å². The Morgan fingerprint density at radius 2 is 2.21 bits per heavy atom. The summed E-state index contributed by atoms with van der Waals surface area (Å²) in [4.78, 5) is 9.60. The van der Waals surface area contributed by atoms with E-state index in [0.717, 1.165) is 0 Å². The number of aromatic nitrogens is 3. The van der Waals surface area contributed by atoms with Gasteiger partial charge in [0, 0.05) is 26.0 Å². The molecule has 0 aromatic carbocycles. The molecule has 6 nitrogen and oxygen atoms in total. The van der Waals surface area contributed by atoms with Gasteiger partial charge in [-0.05, 0) is 0 Å². The third kappa shape index (κ3) is 3.05. The number of imidazole rings is 1. The van der Waals surface area contributed by atoms with Gasteiger partial charge in [-0.3, -0.25) is 0 Å². The molecule has 0 spiro atoms. The Balaban J connectivity index is 2.29. The van der Waals surface area contributed by atoms with Crippen molar-refractivity contribution in [1.29, 1.82) is 0 Å². The number of fused-ring (bicyclic) bond motifs is 1. The first-order valence-corrected chi connectivity index (χ1v) is 5.49. The number of hydrogen-bond donors (Lipinski definition) is 2. The molecule has 9 heteroatoms. The fourth-order valence-corrected chi connectivity index (χ4v) is 1.64. The van der Waals surface area contributed by atoms with Crippen LogP contribution in [0, 0.1) is 0 Å². The van der Waals surface area contributed by atoms with Crippen molar-refractivity contribution in [3.8, 4) is 0 Å². The van der Waals surface area contributed by atoms with E-state index in [1.54, 1.807) is 23.0 Å². The van der Waals surface area contributed by atoms with Crippen molar-refractivity contribution in [1.82, 2.24) is 14.4 Å². The molecule has 19 heavy (non-hydrogen) atoms. The van der Waals surface area contributed by atoms with Gasteiger partial charge in [0.1, 0.15) is 0 Å². The van der Waals surface area contributed by atoms with Crippen molar-refractivity contribution in [2.24, 2.45) is 5.84 Å². The summed E-state index contributed by atoms with van der Waals surface area (Å²) < 4.78 is 38.3. The van der Waals surface area contributed by atoms with E-state index in [2.05, 4.69) is 15.4 Å². The minimum absolute atomic E-state index is 0.201. The Morgan fingerprint density at radius 1 is 1.47 bits per heavy atom. The molecule has 0 aliphatic rings. The van der Waals surface area contributed by atoms with E-state index in [1.807, 2.05) is 0 Å². The van der Waals surface area contributed by atoms with Gasteiger partial charge in [-0.15, -0.1) is 0 Å². The highest BCUT2D eigenvalue weighted by Crippen LogP contribution is 2.23. The lowest BCUT2D eigenvalue weighted by Gasteiger charge is -2.20. The quantitative estimate of drug-likeness (QED) is 0.651. The van der Waals surface area contributed by atoms with Crippen LogP contribution in [0.1, 0.15) is 6.42 Å². The van der Waals surface area contributed by atoms with Crippen LogP contribution in [0.5, 0.6) is 0 Å². The van der Waals surface area contributed by atoms with Crippen LogP contribution < -0.4 is 16.2 Å². The zero-order valence-electron chi connectivity index (χ0n) is 10.1. The van der Waals surface area contributed by atoms with Gasteiger partial charge in [-0.2, -0.15) is 13.2 Å². The minimum Gasteiger partial charge on any atom is -0.356 e. The van der Waals surface area contributed by atoms with Crippen molar-refractivity contribution < 1.29 is 13.2 Å². The third-order valence-corrected chi connectivity index (χ3v) is 2.60. The normalized spacial score (nSPS) is 11.8. The molecular formula is C10H13F3N6. The van der Waals surface area contributed by atoms with Crippen LogP contribution in [-0.2, 0) is 0 Å². The Bertz CT molecular complexity index is 564. The summed E-state index contributed by atoms with van der Waals surface area (Å²) >= 11 is 0. The van der Waals surface area contributed by atoms with Crippen LogP contribution in [-0.4, -0.2) is 34.1 Å². The van der Waals surface area contributed by atoms with E-state index < -0.39 is 12.6 Å². The lowest BCUT2D eigenvalue weighted by molar-refractivity contribution is -0.132. The number of nitrogens with one attached hydrogen (secondary N) is 1. The van der Waals surface area contributed by atoms with Gasteiger partial charge in [0.15, 0.2) is 17.3 Å². The summed E-state index contributed by atoms with van der Waals surface area (Å²) in [6.45, 7) is -0.201. The maximum absolute atomic E-state index is 12.2. The lowest BCUT2D eigenvalue weighted by Crippen LogP contribution is -2.26. The molecule has 0 fully saturated rings. The molecule has 2 heterocycles. The summed E-state index contributed by atoms with van der Waals surface area (Å²) in [6.07, 6.45) is -0.317. The molecule has 0 saturated carbocycles. The molecule has 0 amide bonds. The van der Waals surface area contributed by atoms with Gasteiger partial charge < -0.3 is 14.7 Å².